The van der Waals surface area contributed by atoms with Crippen molar-refractivity contribution in [3.8, 4) is 17.2 Å². The summed E-state index contributed by atoms with van der Waals surface area (Å²) in [6, 6.07) is 25.0. The van der Waals surface area contributed by atoms with Crippen LogP contribution in [0.15, 0.2) is 78.9 Å². The Balaban J connectivity index is 1.70. The van der Waals surface area contributed by atoms with Gasteiger partial charge in [-0.3, -0.25) is 0 Å². The number of benzene rings is 3. The van der Waals surface area contributed by atoms with Crippen LogP contribution in [0.2, 0.25) is 5.02 Å². The molecule has 0 saturated heterocycles. The summed E-state index contributed by atoms with van der Waals surface area (Å²) in [5, 5.41) is 11.8. The van der Waals surface area contributed by atoms with Crippen LogP contribution in [-0.4, -0.2) is 24.0 Å². The first kappa shape index (κ1) is 19.7. The minimum Gasteiger partial charge on any atom is -0.497 e. The molecule has 4 rings (SSSR count). The lowest BCUT2D eigenvalue weighted by Crippen LogP contribution is -2.02. The molecule has 1 aromatic heterocycles. The SMILES string of the molecule is COc1ccc(Nc2nn(-c3ccccc3)c(Nc3ccc(OC)cc3)c2Cl)cc1. The van der Waals surface area contributed by atoms with Gasteiger partial charge in [-0.05, 0) is 60.7 Å². The van der Waals surface area contributed by atoms with Gasteiger partial charge in [0.25, 0.3) is 0 Å². The van der Waals surface area contributed by atoms with Crippen LogP contribution < -0.4 is 20.1 Å². The molecule has 30 heavy (non-hydrogen) atoms. The first-order valence-electron chi connectivity index (χ1n) is 9.34. The van der Waals surface area contributed by atoms with E-state index in [2.05, 4.69) is 10.6 Å². The van der Waals surface area contributed by atoms with Gasteiger partial charge < -0.3 is 20.1 Å². The molecule has 3 aromatic carbocycles. The summed E-state index contributed by atoms with van der Waals surface area (Å²) < 4.78 is 12.2. The van der Waals surface area contributed by atoms with E-state index in [0.717, 1.165) is 28.6 Å². The lowest BCUT2D eigenvalue weighted by Gasteiger charge is -2.10. The zero-order valence-electron chi connectivity index (χ0n) is 16.6. The first-order chi connectivity index (χ1) is 14.7. The third-order valence-corrected chi connectivity index (χ3v) is 4.89. The van der Waals surface area contributed by atoms with Crippen molar-refractivity contribution in [3.63, 3.8) is 0 Å². The molecule has 0 aliphatic heterocycles. The van der Waals surface area contributed by atoms with E-state index in [1.807, 2.05) is 78.9 Å². The molecule has 7 heteroatoms. The van der Waals surface area contributed by atoms with E-state index in [4.69, 9.17) is 26.2 Å². The van der Waals surface area contributed by atoms with Gasteiger partial charge in [0.2, 0.25) is 0 Å². The van der Waals surface area contributed by atoms with Gasteiger partial charge >= 0.3 is 0 Å². The lowest BCUT2D eigenvalue weighted by atomic mass is 10.3. The summed E-state index contributed by atoms with van der Waals surface area (Å²) in [5.74, 6) is 2.76. The highest BCUT2D eigenvalue weighted by Gasteiger charge is 2.18. The van der Waals surface area contributed by atoms with Crippen molar-refractivity contribution < 1.29 is 9.47 Å². The molecular weight excluding hydrogens is 400 g/mol. The molecule has 4 aromatic rings. The number of nitrogens with one attached hydrogen (secondary N) is 2. The predicted molar refractivity (Wildman–Crippen MR) is 121 cm³/mol. The summed E-state index contributed by atoms with van der Waals surface area (Å²) in [7, 11) is 3.28. The van der Waals surface area contributed by atoms with Gasteiger partial charge in [-0.2, -0.15) is 0 Å². The Bertz CT molecular complexity index is 1110. The summed E-state index contributed by atoms with van der Waals surface area (Å²) in [6.45, 7) is 0. The van der Waals surface area contributed by atoms with Gasteiger partial charge in [0.05, 0.1) is 19.9 Å². The van der Waals surface area contributed by atoms with Crippen molar-refractivity contribution in [3.05, 3.63) is 83.9 Å². The van der Waals surface area contributed by atoms with Crippen molar-refractivity contribution in [2.45, 2.75) is 0 Å². The topological polar surface area (TPSA) is 60.3 Å². The fourth-order valence-corrected chi connectivity index (χ4v) is 3.18. The average Bonchev–Trinajstić information content (AvgIpc) is 3.10. The minimum atomic E-state index is 0.477. The van der Waals surface area contributed by atoms with E-state index in [1.54, 1.807) is 18.9 Å². The lowest BCUT2D eigenvalue weighted by molar-refractivity contribution is 0.415. The van der Waals surface area contributed by atoms with E-state index < -0.39 is 0 Å². The molecule has 0 aliphatic carbocycles. The maximum atomic E-state index is 6.74. The van der Waals surface area contributed by atoms with Crippen LogP contribution in [0.5, 0.6) is 11.5 Å². The van der Waals surface area contributed by atoms with Crippen LogP contribution >= 0.6 is 11.6 Å². The highest BCUT2D eigenvalue weighted by molar-refractivity contribution is 6.35. The molecule has 0 radical (unpaired) electrons. The third kappa shape index (κ3) is 4.18. The van der Waals surface area contributed by atoms with Crippen LogP contribution in [-0.2, 0) is 0 Å². The largest absolute Gasteiger partial charge is 0.497 e. The van der Waals surface area contributed by atoms with Crippen molar-refractivity contribution in [2.24, 2.45) is 0 Å². The molecule has 0 amide bonds. The van der Waals surface area contributed by atoms with Gasteiger partial charge in [-0.25, -0.2) is 4.68 Å². The number of anilines is 4. The Kier molecular flexibility index (Phi) is 5.77. The third-order valence-electron chi connectivity index (χ3n) is 4.53. The number of nitrogens with zero attached hydrogens (tertiary/aromatic N) is 2. The number of halogens is 1. The maximum Gasteiger partial charge on any atom is 0.174 e. The molecule has 0 aliphatic rings. The zero-order valence-corrected chi connectivity index (χ0v) is 17.4. The molecular formula is C23H21ClN4O2. The molecule has 0 spiro atoms. The fourth-order valence-electron chi connectivity index (χ4n) is 2.96. The van der Waals surface area contributed by atoms with Crippen LogP contribution in [0.1, 0.15) is 0 Å². The predicted octanol–water partition coefficient (Wildman–Crippen LogP) is 6.03. The highest BCUT2D eigenvalue weighted by Crippen LogP contribution is 2.36. The summed E-state index contributed by atoms with van der Waals surface area (Å²) in [4.78, 5) is 0. The van der Waals surface area contributed by atoms with Gasteiger partial charge in [0, 0.05) is 11.4 Å². The van der Waals surface area contributed by atoms with E-state index >= 15 is 0 Å². The number of aromatic nitrogens is 2. The number of ether oxygens (including phenoxy) is 2. The summed E-state index contributed by atoms with van der Waals surface area (Å²) in [6.07, 6.45) is 0. The quantitative estimate of drug-likeness (QED) is 0.382. The highest BCUT2D eigenvalue weighted by atomic mass is 35.5. The molecule has 0 bridgehead atoms. The number of para-hydroxylation sites is 1. The zero-order chi connectivity index (χ0) is 20.9. The average molecular weight is 421 g/mol. The molecule has 1 heterocycles. The van der Waals surface area contributed by atoms with E-state index in [0.29, 0.717) is 16.7 Å². The normalized spacial score (nSPS) is 10.5. The number of methoxy groups -OCH3 is 2. The van der Waals surface area contributed by atoms with Gasteiger partial charge in [0.1, 0.15) is 16.5 Å². The van der Waals surface area contributed by atoms with E-state index in [-0.39, 0.29) is 0 Å². The van der Waals surface area contributed by atoms with Gasteiger partial charge in [-0.1, -0.05) is 29.8 Å². The van der Waals surface area contributed by atoms with Crippen LogP contribution in [0.3, 0.4) is 0 Å². The van der Waals surface area contributed by atoms with Crippen molar-refractivity contribution >= 4 is 34.6 Å². The van der Waals surface area contributed by atoms with E-state index in [9.17, 15) is 0 Å². The molecule has 6 nitrogen and oxygen atoms in total. The molecule has 2 N–H and O–H groups in total. The Hall–Kier alpha value is -3.64. The van der Waals surface area contributed by atoms with E-state index in [1.165, 1.54) is 0 Å². The molecule has 0 unspecified atom stereocenters. The molecule has 0 atom stereocenters. The van der Waals surface area contributed by atoms with Crippen LogP contribution in [0, 0.1) is 0 Å². The minimum absolute atomic E-state index is 0.477. The Morgan fingerprint density at radius 1 is 0.733 bits per heavy atom. The second kappa shape index (κ2) is 8.80. The number of hydrogen-bond acceptors (Lipinski definition) is 5. The molecule has 152 valence electrons. The molecule has 0 saturated carbocycles. The fraction of sp³-hybridized carbons (Fsp3) is 0.0870. The Morgan fingerprint density at radius 3 is 1.80 bits per heavy atom. The Labute approximate surface area is 180 Å². The maximum absolute atomic E-state index is 6.74. The Morgan fingerprint density at radius 2 is 1.27 bits per heavy atom. The van der Waals surface area contributed by atoms with Crippen molar-refractivity contribution in [2.75, 3.05) is 24.9 Å². The second-order valence-corrected chi connectivity index (χ2v) is 6.84. The monoisotopic (exact) mass is 420 g/mol. The van der Waals surface area contributed by atoms with Crippen LogP contribution in [0.4, 0.5) is 23.0 Å². The van der Waals surface area contributed by atoms with Crippen LogP contribution in [0.25, 0.3) is 5.69 Å². The smallest absolute Gasteiger partial charge is 0.174 e. The number of hydrogen-bond donors (Lipinski definition) is 2. The summed E-state index contributed by atoms with van der Waals surface area (Å²) >= 11 is 6.74. The first-order valence-corrected chi connectivity index (χ1v) is 9.72. The van der Waals surface area contributed by atoms with Crippen molar-refractivity contribution in [1.29, 1.82) is 0 Å². The van der Waals surface area contributed by atoms with Gasteiger partial charge in [-0.15, -0.1) is 5.10 Å². The standard InChI is InChI=1S/C23H21ClN4O2/c1-29-19-12-8-16(9-13-19)25-22-21(24)23(26-17-10-14-20(30-2)15-11-17)28(27-22)18-6-4-3-5-7-18/h3-15,26H,1-2H3,(H,25,27). The summed E-state index contributed by atoms with van der Waals surface area (Å²) in [5.41, 5.74) is 2.61. The molecule has 0 fully saturated rings. The number of rotatable bonds is 7. The van der Waals surface area contributed by atoms with Crippen molar-refractivity contribution in [1.82, 2.24) is 9.78 Å². The second-order valence-electron chi connectivity index (χ2n) is 6.47. The van der Waals surface area contributed by atoms with Gasteiger partial charge in [0.15, 0.2) is 11.6 Å².